The van der Waals surface area contributed by atoms with Crippen LogP contribution < -0.4 is 0 Å². The van der Waals surface area contributed by atoms with Crippen LogP contribution in [0.1, 0.15) is 42.9 Å². The Hall–Kier alpha value is -4.33. The van der Waals surface area contributed by atoms with Crippen LogP contribution in [0, 0.1) is 35.0 Å². The fourth-order valence-corrected chi connectivity index (χ4v) is 8.86. The molecule has 8 heteroatoms. The first kappa shape index (κ1) is 25.4. The lowest BCUT2D eigenvalue weighted by Gasteiger charge is -2.46. The van der Waals surface area contributed by atoms with Gasteiger partial charge in [-0.25, -0.2) is 0 Å². The Labute approximate surface area is 241 Å². The van der Waals surface area contributed by atoms with Crippen molar-refractivity contribution in [1.29, 1.82) is 0 Å². The number of fused-ring (bicyclic) bond motifs is 11. The minimum Gasteiger partial charge on any atom is -0.489 e. The number of benzene rings is 2. The molecule has 2 saturated heterocycles. The van der Waals surface area contributed by atoms with Gasteiger partial charge in [-0.1, -0.05) is 66.7 Å². The fraction of sp³-hybridized carbons (Fsp3) is 0.382. The molecule has 42 heavy (non-hydrogen) atoms. The van der Waals surface area contributed by atoms with E-state index in [1.165, 1.54) is 6.08 Å². The number of carbonyl (C=O) groups excluding carboxylic acids is 5. The summed E-state index contributed by atoms with van der Waals surface area (Å²) in [6.07, 6.45) is 1.42. The first-order valence-corrected chi connectivity index (χ1v) is 14.6. The third-order valence-electron chi connectivity index (χ3n) is 10.4. The highest BCUT2D eigenvalue weighted by molar-refractivity contribution is 6.17. The maximum Gasteiger partial charge on any atom is 0.306 e. The van der Waals surface area contributed by atoms with E-state index in [4.69, 9.17) is 14.2 Å². The number of allylic oxidation sites excluding steroid dienone is 2. The smallest absolute Gasteiger partial charge is 0.306 e. The van der Waals surface area contributed by atoms with Crippen molar-refractivity contribution in [3.05, 3.63) is 89.2 Å². The van der Waals surface area contributed by atoms with Crippen LogP contribution >= 0.6 is 0 Å². The summed E-state index contributed by atoms with van der Waals surface area (Å²) in [7, 11) is 0. The summed E-state index contributed by atoms with van der Waals surface area (Å²) in [5, 5.41) is 0. The van der Waals surface area contributed by atoms with Gasteiger partial charge in [0.25, 0.3) is 0 Å². The number of hydrogen-bond donors (Lipinski definition) is 0. The number of ketones is 3. The average molecular weight is 565 g/mol. The molecule has 0 radical (unpaired) electrons. The van der Waals surface area contributed by atoms with E-state index in [0.29, 0.717) is 11.3 Å². The molecule has 8 nitrogen and oxygen atoms in total. The summed E-state index contributed by atoms with van der Waals surface area (Å²) < 4.78 is 18.3. The van der Waals surface area contributed by atoms with Gasteiger partial charge < -0.3 is 14.2 Å². The SMILES string of the molecule is O=C1C[C@@H]2C3=C(O[C@@H](c4ccccc4)CC3=O)[C@@H]3[C@@H](C4C[C@@H]5OC(=O)C[C@@H]5C3(C(=O)/C=C/c3ccccc3)C4=O)[C@@H]2O1. The van der Waals surface area contributed by atoms with Crippen molar-refractivity contribution in [2.75, 3.05) is 0 Å². The molecule has 0 aromatic heterocycles. The van der Waals surface area contributed by atoms with Gasteiger partial charge in [0.15, 0.2) is 17.3 Å². The monoisotopic (exact) mass is 564 g/mol. The minimum absolute atomic E-state index is 0.0232. The largest absolute Gasteiger partial charge is 0.489 e. The summed E-state index contributed by atoms with van der Waals surface area (Å²) in [6.45, 7) is 0. The first-order chi connectivity index (χ1) is 20.4. The number of esters is 2. The lowest BCUT2D eigenvalue weighted by atomic mass is 9.57. The van der Waals surface area contributed by atoms with Gasteiger partial charge in [0, 0.05) is 35.2 Å². The fourth-order valence-electron chi connectivity index (χ4n) is 8.86. The Balaban J connectivity index is 1.33. The zero-order valence-corrected chi connectivity index (χ0v) is 22.6. The summed E-state index contributed by atoms with van der Waals surface area (Å²) in [5.74, 6) is -4.78. The summed E-state index contributed by atoms with van der Waals surface area (Å²) in [6, 6.07) is 18.7. The predicted octanol–water partition coefficient (Wildman–Crippen LogP) is 3.95. The summed E-state index contributed by atoms with van der Waals surface area (Å²) in [4.78, 5) is 68.5. The van der Waals surface area contributed by atoms with E-state index in [0.717, 1.165) is 11.1 Å². The van der Waals surface area contributed by atoms with Crippen molar-refractivity contribution >= 4 is 35.4 Å². The maximum atomic E-state index is 14.6. The van der Waals surface area contributed by atoms with E-state index < -0.39 is 71.0 Å². The molecule has 2 saturated carbocycles. The molecule has 2 unspecified atom stereocenters. The molecular formula is C34H28O8. The lowest BCUT2D eigenvalue weighted by Crippen LogP contribution is -2.54. The standard InChI is InChI=1S/C34H28O8/c35-22-16-23(18-9-5-2-6-10-18)41-32-28(22)19-14-26(37)42-31(19)29-20-13-24-21(15-27(38)40-24)34(30(29)32,33(20)39)25(36)12-11-17-7-3-1-4-8-17/h1-12,19-21,23-24,29-31H,13-16H2/b12-11+/t19-,20?,21+,23-,24+,29-,30+,31-,34?/m1/s1. The highest BCUT2D eigenvalue weighted by Gasteiger charge is 2.78. The molecule has 9 atom stereocenters. The van der Waals surface area contributed by atoms with Crippen molar-refractivity contribution in [2.24, 2.45) is 35.0 Å². The molecule has 2 aromatic rings. The van der Waals surface area contributed by atoms with Gasteiger partial charge in [-0.15, -0.1) is 0 Å². The number of Topliss-reactive ketones (excluding diaryl/α,β-unsaturated/α-hetero) is 2. The Morgan fingerprint density at radius 3 is 2.29 bits per heavy atom. The molecule has 0 N–H and O–H groups in total. The maximum absolute atomic E-state index is 14.6. The van der Waals surface area contributed by atoms with Gasteiger partial charge >= 0.3 is 11.9 Å². The topological polar surface area (TPSA) is 113 Å². The molecule has 3 heterocycles. The van der Waals surface area contributed by atoms with E-state index in [2.05, 4.69) is 0 Å². The molecule has 0 spiro atoms. The number of hydrogen-bond acceptors (Lipinski definition) is 8. The quantitative estimate of drug-likeness (QED) is 0.312. The van der Waals surface area contributed by atoms with Crippen molar-refractivity contribution in [1.82, 2.24) is 0 Å². The van der Waals surface area contributed by atoms with Crippen molar-refractivity contribution in [3.8, 4) is 0 Å². The van der Waals surface area contributed by atoms with Crippen LogP contribution in [0.4, 0.5) is 0 Å². The third kappa shape index (κ3) is 3.38. The second-order valence-corrected chi connectivity index (χ2v) is 12.3. The van der Waals surface area contributed by atoms with Gasteiger partial charge in [0.2, 0.25) is 0 Å². The van der Waals surface area contributed by atoms with Crippen LogP contribution in [0.5, 0.6) is 0 Å². The van der Waals surface area contributed by atoms with Crippen LogP contribution in [0.3, 0.4) is 0 Å². The highest BCUT2D eigenvalue weighted by Crippen LogP contribution is 2.69. The molecule has 0 amide bonds. The van der Waals surface area contributed by atoms with Crippen molar-refractivity contribution in [2.45, 2.75) is 44.0 Å². The third-order valence-corrected chi connectivity index (χ3v) is 10.4. The van der Waals surface area contributed by atoms with E-state index in [9.17, 15) is 24.0 Å². The van der Waals surface area contributed by atoms with Crippen LogP contribution in [-0.2, 0) is 38.2 Å². The van der Waals surface area contributed by atoms with Gasteiger partial charge in [-0.05, 0) is 23.6 Å². The van der Waals surface area contributed by atoms with Crippen molar-refractivity contribution < 1.29 is 38.2 Å². The Morgan fingerprint density at radius 1 is 0.810 bits per heavy atom. The summed E-state index contributed by atoms with van der Waals surface area (Å²) in [5.41, 5.74) is 0.271. The van der Waals surface area contributed by atoms with Crippen LogP contribution in [0.15, 0.2) is 78.1 Å². The Morgan fingerprint density at radius 2 is 1.52 bits per heavy atom. The second-order valence-electron chi connectivity index (χ2n) is 12.3. The highest BCUT2D eigenvalue weighted by atomic mass is 16.6. The molecule has 6 aliphatic rings. The second kappa shape index (κ2) is 9.08. The number of rotatable bonds is 4. The summed E-state index contributed by atoms with van der Waals surface area (Å²) >= 11 is 0. The van der Waals surface area contributed by atoms with E-state index >= 15 is 0 Å². The van der Waals surface area contributed by atoms with Gasteiger partial charge in [-0.3, -0.25) is 24.0 Å². The van der Waals surface area contributed by atoms with Crippen LogP contribution in [0.2, 0.25) is 0 Å². The molecule has 212 valence electrons. The zero-order valence-electron chi connectivity index (χ0n) is 22.6. The van der Waals surface area contributed by atoms with Gasteiger partial charge in [-0.2, -0.15) is 0 Å². The van der Waals surface area contributed by atoms with Gasteiger partial charge in [0.1, 0.15) is 29.5 Å². The van der Waals surface area contributed by atoms with Gasteiger partial charge in [0.05, 0.1) is 19.3 Å². The average Bonchev–Trinajstić information content (AvgIpc) is 3.62. The lowest BCUT2D eigenvalue weighted by molar-refractivity contribution is -0.154. The van der Waals surface area contributed by atoms with E-state index in [1.807, 2.05) is 60.7 Å². The normalized spacial score (nSPS) is 37.9. The minimum atomic E-state index is -1.69. The zero-order chi connectivity index (χ0) is 28.7. The molecular weight excluding hydrogens is 536 g/mol. The molecule has 2 aromatic carbocycles. The molecule has 3 aliphatic carbocycles. The van der Waals surface area contributed by atoms with Crippen LogP contribution in [0.25, 0.3) is 6.08 Å². The molecule has 4 fully saturated rings. The Bertz CT molecular complexity index is 1610. The molecule has 8 rings (SSSR count). The molecule has 3 aliphatic heterocycles. The predicted molar refractivity (Wildman–Crippen MR) is 146 cm³/mol. The van der Waals surface area contributed by atoms with Crippen molar-refractivity contribution in [3.63, 3.8) is 0 Å². The Kier molecular flexibility index (Phi) is 5.49. The number of carbonyl (C=O) groups is 5. The molecule has 2 bridgehead atoms. The van der Waals surface area contributed by atoms with Crippen LogP contribution in [-0.4, -0.2) is 41.5 Å². The van der Waals surface area contributed by atoms with E-state index in [1.54, 1.807) is 6.08 Å². The van der Waals surface area contributed by atoms with E-state index in [-0.39, 0.29) is 37.2 Å². The number of ether oxygens (including phenoxy) is 3. The first-order valence-electron chi connectivity index (χ1n) is 14.6.